The van der Waals surface area contributed by atoms with Crippen molar-refractivity contribution < 1.29 is 9.59 Å². The topological polar surface area (TPSA) is 50.3 Å². The number of aromatic nitrogens is 1. The van der Waals surface area contributed by atoms with Crippen LogP contribution in [0.1, 0.15) is 53.3 Å². The van der Waals surface area contributed by atoms with Crippen LogP contribution >= 0.6 is 0 Å². The first kappa shape index (κ1) is 15.4. The Morgan fingerprint density at radius 3 is 2.70 bits per heavy atom. The van der Waals surface area contributed by atoms with Gasteiger partial charge >= 0.3 is 0 Å². The third-order valence-corrected chi connectivity index (χ3v) is 4.64. The molecule has 0 bridgehead atoms. The van der Waals surface area contributed by atoms with E-state index in [4.69, 9.17) is 0 Å². The molecule has 1 amide bonds. The molecule has 3 rings (SSSR count). The maximum Gasteiger partial charge on any atom is 0.230 e. The number of ketones is 1. The molecule has 2 atom stereocenters. The van der Waals surface area contributed by atoms with E-state index in [9.17, 15) is 9.59 Å². The molecule has 0 radical (unpaired) electrons. The van der Waals surface area contributed by atoms with Crippen molar-refractivity contribution in [3.63, 3.8) is 0 Å². The van der Waals surface area contributed by atoms with Crippen molar-refractivity contribution in [1.29, 1.82) is 0 Å². The summed E-state index contributed by atoms with van der Waals surface area (Å²) in [5.74, 6) is -0.0757. The van der Waals surface area contributed by atoms with Crippen LogP contribution < -0.4 is 0 Å². The summed E-state index contributed by atoms with van der Waals surface area (Å²) < 4.78 is 0. The van der Waals surface area contributed by atoms with Crippen LogP contribution in [0.15, 0.2) is 48.7 Å². The number of likely N-dealkylation sites (N-methyl/N-ethyl adjacent to an activating group) is 1. The molecule has 2 unspecified atom stereocenters. The minimum absolute atomic E-state index is 0.0445. The Hall–Kier alpha value is -2.49. The Labute approximate surface area is 136 Å². The second kappa shape index (κ2) is 6.32. The molecule has 118 valence electrons. The third kappa shape index (κ3) is 2.89. The largest absolute Gasteiger partial charge is 0.337 e. The number of hydrogen-bond donors (Lipinski definition) is 0. The molecule has 2 aromatic rings. The summed E-state index contributed by atoms with van der Waals surface area (Å²) in [6.45, 7) is 1.97. The number of amides is 1. The Morgan fingerprint density at radius 2 is 1.96 bits per heavy atom. The first-order valence-corrected chi connectivity index (χ1v) is 7.89. The van der Waals surface area contributed by atoms with Crippen LogP contribution in [0.3, 0.4) is 0 Å². The van der Waals surface area contributed by atoms with Gasteiger partial charge < -0.3 is 4.90 Å². The number of pyridine rings is 1. The summed E-state index contributed by atoms with van der Waals surface area (Å²) in [5.41, 5.74) is 2.41. The van der Waals surface area contributed by atoms with Gasteiger partial charge in [-0.2, -0.15) is 0 Å². The quantitative estimate of drug-likeness (QED) is 0.873. The van der Waals surface area contributed by atoms with Crippen LogP contribution in [-0.4, -0.2) is 28.6 Å². The van der Waals surface area contributed by atoms with E-state index in [1.54, 1.807) is 18.1 Å². The number of carbonyl (C=O) groups excluding carboxylic acids is 2. The van der Waals surface area contributed by atoms with Gasteiger partial charge in [-0.05, 0) is 31.0 Å². The fraction of sp³-hybridized carbons (Fsp3) is 0.316. The Kier molecular flexibility index (Phi) is 4.24. The second-order valence-electron chi connectivity index (χ2n) is 5.98. The van der Waals surface area contributed by atoms with Crippen molar-refractivity contribution in [3.8, 4) is 0 Å². The van der Waals surface area contributed by atoms with E-state index < -0.39 is 0 Å². The van der Waals surface area contributed by atoms with Gasteiger partial charge in [0.15, 0.2) is 5.78 Å². The lowest BCUT2D eigenvalue weighted by molar-refractivity contribution is -0.133. The van der Waals surface area contributed by atoms with Crippen LogP contribution in [-0.2, 0) is 4.79 Å². The van der Waals surface area contributed by atoms with Crippen molar-refractivity contribution in [2.24, 2.45) is 0 Å². The zero-order chi connectivity index (χ0) is 16.4. The molecular weight excluding hydrogens is 288 g/mol. The van der Waals surface area contributed by atoms with Crippen LogP contribution in [0.4, 0.5) is 0 Å². The lowest BCUT2D eigenvalue weighted by atomic mass is 9.81. The monoisotopic (exact) mass is 308 g/mol. The molecule has 0 aliphatic heterocycles. The molecule has 1 aliphatic rings. The Morgan fingerprint density at radius 1 is 1.22 bits per heavy atom. The van der Waals surface area contributed by atoms with Crippen molar-refractivity contribution in [3.05, 3.63) is 65.5 Å². The van der Waals surface area contributed by atoms with E-state index in [1.807, 2.05) is 49.4 Å². The summed E-state index contributed by atoms with van der Waals surface area (Å²) in [6.07, 6.45) is 2.74. The van der Waals surface area contributed by atoms with Crippen molar-refractivity contribution in [2.75, 3.05) is 7.05 Å². The molecule has 1 aliphatic carbocycles. The van der Waals surface area contributed by atoms with Gasteiger partial charge in [-0.1, -0.05) is 30.3 Å². The maximum atomic E-state index is 13.0. The van der Waals surface area contributed by atoms with Crippen LogP contribution in [0.2, 0.25) is 0 Å². The molecule has 0 saturated heterocycles. The van der Waals surface area contributed by atoms with Gasteiger partial charge in [0.25, 0.3) is 0 Å². The summed E-state index contributed by atoms with van der Waals surface area (Å²) in [5, 5.41) is 0. The number of hydrogen-bond acceptors (Lipinski definition) is 3. The molecule has 4 nitrogen and oxygen atoms in total. The smallest absolute Gasteiger partial charge is 0.230 e. The molecule has 0 spiro atoms. The molecule has 1 aromatic carbocycles. The van der Waals surface area contributed by atoms with Gasteiger partial charge in [-0.25, -0.2) is 0 Å². The predicted octanol–water partition coefficient (Wildman–Crippen LogP) is 3.36. The fourth-order valence-electron chi connectivity index (χ4n) is 3.14. The average molecular weight is 308 g/mol. The molecule has 0 fully saturated rings. The van der Waals surface area contributed by atoms with E-state index in [0.717, 1.165) is 11.3 Å². The molecule has 1 aromatic heterocycles. The second-order valence-corrected chi connectivity index (χ2v) is 5.98. The number of benzene rings is 1. The molecular formula is C19H20N2O2. The van der Waals surface area contributed by atoms with E-state index >= 15 is 0 Å². The standard InChI is InChI=1S/C19H20N2O2/c1-13(17-9-5-6-12-20-17)21(2)19(23)16-10-11-18(22)15-8-4-3-7-14(15)16/h3-9,12-13,16H,10-11H2,1-2H3. The van der Waals surface area contributed by atoms with E-state index in [-0.39, 0.29) is 23.7 Å². The zero-order valence-corrected chi connectivity index (χ0v) is 13.4. The first-order valence-electron chi connectivity index (χ1n) is 7.89. The summed E-state index contributed by atoms with van der Waals surface area (Å²) in [7, 11) is 1.81. The number of rotatable bonds is 3. The van der Waals surface area contributed by atoms with E-state index in [0.29, 0.717) is 18.4 Å². The van der Waals surface area contributed by atoms with Crippen molar-refractivity contribution >= 4 is 11.7 Å². The van der Waals surface area contributed by atoms with Crippen molar-refractivity contribution in [1.82, 2.24) is 9.88 Å². The molecule has 23 heavy (non-hydrogen) atoms. The first-order chi connectivity index (χ1) is 11.1. The number of Topliss-reactive ketones (excluding diaryl/α,β-unsaturated/α-hetero) is 1. The minimum atomic E-state index is -0.250. The van der Waals surface area contributed by atoms with E-state index in [2.05, 4.69) is 4.98 Å². The highest BCUT2D eigenvalue weighted by Crippen LogP contribution is 2.34. The molecule has 4 heteroatoms. The van der Waals surface area contributed by atoms with E-state index in [1.165, 1.54) is 0 Å². The maximum absolute atomic E-state index is 13.0. The third-order valence-electron chi connectivity index (χ3n) is 4.64. The van der Waals surface area contributed by atoms with Gasteiger partial charge in [0.05, 0.1) is 17.7 Å². The minimum Gasteiger partial charge on any atom is -0.337 e. The summed E-state index contributed by atoms with van der Waals surface area (Å²) >= 11 is 0. The van der Waals surface area contributed by atoms with Crippen LogP contribution in [0.5, 0.6) is 0 Å². The highest BCUT2D eigenvalue weighted by Gasteiger charge is 2.33. The van der Waals surface area contributed by atoms with Gasteiger partial charge in [-0.15, -0.1) is 0 Å². The molecule has 1 heterocycles. The van der Waals surface area contributed by atoms with Crippen molar-refractivity contribution in [2.45, 2.75) is 31.7 Å². The SMILES string of the molecule is CC(c1ccccn1)N(C)C(=O)C1CCC(=O)c2ccccc21. The Bertz CT molecular complexity index is 727. The number of nitrogens with zero attached hydrogens (tertiary/aromatic N) is 2. The Balaban J connectivity index is 1.86. The van der Waals surface area contributed by atoms with Gasteiger partial charge in [0, 0.05) is 25.2 Å². The van der Waals surface area contributed by atoms with Gasteiger partial charge in [0.1, 0.15) is 0 Å². The normalized spacial score (nSPS) is 18.2. The van der Waals surface area contributed by atoms with Crippen LogP contribution in [0, 0.1) is 0 Å². The fourth-order valence-corrected chi connectivity index (χ4v) is 3.14. The lowest BCUT2D eigenvalue weighted by Gasteiger charge is -2.31. The zero-order valence-electron chi connectivity index (χ0n) is 13.4. The van der Waals surface area contributed by atoms with Gasteiger partial charge in [0.2, 0.25) is 5.91 Å². The highest BCUT2D eigenvalue weighted by molar-refractivity contribution is 6.01. The predicted molar refractivity (Wildman–Crippen MR) is 88.2 cm³/mol. The molecule has 0 N–H and O–H groups in total. The van der Waals surface area contributed by atoms with Gasteiger partial charge in [-0.3, -0.25) is 14.6 Å². The lowest BCUT2D eigenvalue weighted by Crippen LogP contribution is -2.36. The number of fused-ring (bicyclic) bond motifs is 1. The summed E-state index contributed by atoms with van der Waals surface area (Å²) in [4.78, 5) is 31.1. The molecule has 0 saturated carbocycles. The number of carbonyl (C=O) groups is 2. The average Bonchev–Trinajstić information content (AvgIpc) is 2.61. The summed E-state index contributed by atoms with van der Waals surface area (Å²) in [6, 6.07) is 13.1. The highest BCUT2D eigenvalue weighted by atomic mass is 16.2. The van der Waals surface area contributed by atoms with Crippen LogP contribution in [0.25, 0.3) is 0 Å².